The second kappa shape index (κ2) is 9.19. The van der Waals surface area contributed by atoms with Crippen LogP contribution in [0.25, 0.3) is 0 Å². The number of anilines is 1. The van der Waals surface area contributed by atoms with E-state index in [1.807, 2.05) is 36.1 Å². The van der Waals surface area contributed by atoms with Gasteiger partial charge in [0.2, 0.25) is 11.8 Å². The maximum absolute atomic E-state index is 12.6. The normalized spacial score (nSPS) is 19.7. The molecule has 0 radical (unpaired) electrons. The number of benzene rings is 1. The highest BCUT2D eigenvalue weighted by molar-refractivity contribution is 5.95. The van der Waals surface area contributed by atoms with Gasteiger partial charge in [-0.2, -0.15) is 0 Å². The van der Waals surface area contributed by atoms with Crippen molar-refractivity contribution in [3.8, 4) is 5.75 Å². The third kappa shape index (κ3) is 4.99. The Labute approximate surface area is 161 Å². The molecule has 0 bridgehead atoms. The Kier molecular flexibility index (Phi) is 6.68. The molecular weight excluding hydrogens is 344 g/mol. The summed E-state index contributed by atoms with van der Waals surface area (Å²) in [7, 11) is 1.59. The zero-order valence-corrected chi connectivity index (χ0v) is 16.3. The number of para-hydroxylation sites is 2. The van der Waals surface area contributed by atoms with Crippen LogP contribution in [0, 0.1) is 0 Å². The summed E-state index contributed by atoms with van der Waals surface area (Å²) in [4.78, 5) is 31.3. The van der Waals surface area contributed by atoms with Crippen molar-refractivity contribution in [1.29, 1.82) is 0 Å². The molecule has 148 valence electrons. The Balaban J connectivity index is 1.46. The molecule has 2 aliphatic rings. The second-order valence-electron chi connectivity index (χ2n) is 7.27. The molecule has 7 nitrogen and oxygen atoms in total. The van der Waals surface area contributed by atoms with Gasteiger partial charge in [0.05, 0.1) is 25.4 Å². The first-order valence-electron chi connectivity index (χ1n) is 9.76. The Bertz CT molecular complexity index is 652. The third-order valence-corrected chi connectivity index (χ3v) is 5.52. The average Bonchev–Trinajstić information content (AvgIpc) is 3.23. The number of carbonyl (C=O) groups is 2. The Morgan fingerprint density at radius 3 is 2.41 bits per heavy atom. The summed E-state index contributed by atoms with van der Waals surface area (Å²) in [6, 6.07) is 7.19. The van der Waals surface area contributed by atoms with E-state index in [4.69, 9.17) is 4.74 Å². The number of nitrogens with zero attached hydrogens (tertiary/aromatic N) is 3. The lowest BCUT2D eigenvalue weighted by Crippen LogP contribution is -2.54. The van der Waals surface area contributed by atoms with Gasteiger partial charge >= 0.3 is 0 Å². The number of hydrogen-bond acceptors (Lipinski definition) is 5. The molecule has 27 heavy (non-hydrogen) atoms. The van der Waals surface area contributed by atoms with Crippen molar-refractivity contribution in [2.45, 2.75) is 25.8 Å². The highest BCUT2D eigenvalue weighted by Gasteiger charge is 2.28. The summed E-state index contributed by atoms with van der Waals surface area (Å²) >= 11 is 0. The van der Waals surface area contributed by atoms with E-state index < -0.39 is 0 Å². The molecule has 2 heterocycles. The summed E-state index contributed by atoms with van der Waals surface area (Å²) in [6.45, 7) is 7.42. The van der Waals surface area contributed by atoms with Crippen LogP contribution in [0.2, 0.25) is 0 Å². The number of hydrogen-bond donors (Lipinski definition) is 1. The fraction of sp³-hybridized carbons (Fsp3) is 0.600. The molecule has 1 aromatic rings. The Morgan fingerprint density at radius 2 is 1.74 bits per heavy atom. The molecule has 2 saturated heterocycles. The van der Waals surface area contributed by atoms with Gasteiger partial charge in [-0.1, -0.05) is 12.1 Å². The zero-order chi connectivity index (χ0) is 19.2. The number of amides is 2. The molecule has 1 atom stereocenters. The van der Waals surface area contributed by atoms with Crippen molar-refractivity contribution in [3.05, 3.63) is 24.3 Å². The number of ether oxygens (including phenoxy) is 1. The number of carbonyl (C=O) groups excluding carboxylic acids is 2. The lowest BCUT2D eigenvalue weighted by atomic mass is 10.2. The number of nitrogens with one attached hydrogen (secondary N) is 1. The second-order valence-corrected chi connectivity index (χ2v) is 7.27. The molecule has 3 rings (SSSR count). The van der Waals surface area contributed by atoms with Crippen LogP contribution >= 0.6 is 0 Å². The molecule has 1 aromatic carbocycles. The molecule has 0 saturated carbocycles. The minimum absolute atomic E-state index is 0.0407. The van der Waals surface area contributed by atoms with E-state index in [9.17, 15) is 9.59 Å². The van der Waals surface area contributed by atoms with Crippen LogP contribution in [0.4, 0.5) is 5.69 Å². The van der Waals surface area contributed by atoms with Gasteiger partial charge in [0.25, 0.3) is 0 Å². The molecule has 7 heteroatoms. The van der Waals surface area contributed by atoms with Crippen molar-refractivity contribution in [3.63, 3.8) is 0 Å². The van der Waals surface area contributed by atoms with Crippen molar-refractivity contribution in [2.75, 3.05) is 58.2 Å². The van der Waals surface area contributed by atoms with Crippen LogP contribution < -0.4 is 10.1 Å². The SMILES string of the molecule is COc1ccccc1NC(=O)[C@@H](C)N1CCN(CC(=O)N2CCCC2)CC1. The minimum atomic E-state index is -0.230. The predicted molar refractivity (Wildman–Crippen MR) is 105 cm³/mol. The number of rotatable bonds is 6. The summed E-state index contributed by atoms with van der Waals surface area (Å²) < 4.78 is 5.29. The van der Waals surface area contributed by atoms with Crippen molar-refractivity contribution in [2.24, 2.45) is 0 Å². The lowest BCUT2D eigenvalue weighted by Gasteiger charge is -2.37. The minimum Gasteiger partial charge on any atom is -0.495 e. The summed E-state index contributed by atoms with van der Waals surface area (Å²) in [6.07, 6.45) is 2.25. The number of likely N-dealkylation sites (tertiary alicyclic amines) is 1. The van der Waals surface area contributed by atoms with E-state index in [2.05, 4.69) is 15.1 Å². The topological polar surface area (TPSA) is 65.1 Å². The van der Waals surface area contributed by atoms with Crippen LogP contribution in [0.15, 0.2) is 24.3 Å². The molecule has 2 aliphatic heterocycles. The first-order valence-corrected chi connectivity index (χ1v) is 9.76. The van der Waals surface area contributed by atoms with Gasteiger partial charge in [0.15, 0.2) is 0 Å². The fourth-order valence-corrected chi connectivity index (χ4v) is 3.72. The highest BCUT2D eigenvalue weighted by Crippen LogP contribution is 2.23. The van der Waals surface area contributed by atoms with E-state index in [0.717, 1.165) is 52.1 Å². The molecule has 0 aromatic heterocycles. The fourth-order valence-electron chi connectivity index (χ4n) is 3.72. The average molecular weight is 374 g/mol. The van der Waals surface area contributed by atoms with Crippen LogP contribution in [-0.4, -0.2) is 85.5 Å². The van der Waals surface area contributed by atoms with Crippen molar-refractivity contribution < 1.29 is 14.3 Å². The van der Waals surface area contributed by atoms with Crippen molar-refractivity contribution >= 4 is 17.5 Å². The first kappa shape index (κ1) is 19.6. The van der Waals surface area contributed by atoms with Gasteiger partial charge in [-0.15, -0.1) is 0 Å². The van der Waals surface area contributed by atoms with Crippen LogP contribution in [0.5, 0.6) is 5.75 Å². The van der Waals surface area contributed by atoms with Gasteiger partial charge in [0.1, 0.15) is 5.75 Å². The zero-order valence-electron chi connectivity index (χ0n) is 16.3. The number of methoxy groups -OCH3 is 1. The summed E-state index contributed by atoms with van der Waals surface area (Å²) in [5.74, 6) is 0.854. The first-order chi connectivity index (χ1) is 13.1. The van der Waals surface area contributed by atoms with E-state index >= 15 is 0 Å². The van der Waals surface area contributed by atoms with E-state index in [0.29, 0.717) is 18.0 Å². The van der Waals surface area contributed by atoms with Crippen LogP contribution in [0.3, 0.4) is 0 Å². The third-order valence-electron chi connectivity index (χ3n) is 5.52. The van der Waals surface area contributed by atoms with E-state index in [-0.39, 0.29) is 17.9 Å². The van der Waals surface area contributed by atoms with E-state index in [1.165, 1.54) is 0 Å². The largest absolute Gasteiger partial charge is 0.495 e. The molecule has 2 fully saturated rings. The summed E-state index contributed by atoms with van der Waals surface area (Å²) in [5.41, 5.74) is 0.687. The van der Waals surface area contributed by atoms with Crippen LogP contribution in [0.1, 0.15) is 19.8 Å². The molecule has 1 N–H and O–H groups in total. The highest BCUT2D eigenvalue weighted by atomic mass is 16.5. The Morgan fingerprint density at radius 1 is 1.07 bits per heavy atom. The van der Waals surface area contributed by atoms with E-state index in [1.54, 1.807) is 7.11 Å². The maximum atomic E-state index is 12.6. The van der Waals surface area contributed by atoms with Gasteiger partial charge < -0.3 is 15.0 Å². The standard InChI is InChI=1S/C20H30N4O3/c1-16(20(26)21-17-7-3-4-8-18(17)27-2)23-13-11-22(12-14-23)15-19(25)24-9-5-6-10-24/h3-4,7-8,16H,5-6,9-15H2,1-2H3,(H,21,26)/t16-/m1/s1. The molecular formula is C20H30N4O3. The molecule has 0 unspecified atom stereocenters. The summed E-state index contributed by atoms with van der Waals surface area (Å²) in [5, 5.41) is 2.96. The van der Waals surface area contributed by atoms with Crippen molar-refractivity contribution in [1.82, 2.24) is 14.7 Å². The quantitative estimate of drug-likeness (QED) is 0.812. The monoisotopic (exact) mass is 374 g/mol. The van der Waals surface area contributed by atoms with Gasteiger partial charge in [-0.05, 0) is 31.9 Å². The van der Waals surface area contributed by atoms with Crippen LogP contribution in [-0.2, 0) is 9.59 Å². The predicted octanol–water partition coefficient (Wildman–Crippen LogP) is 1.26. The molecule has 0 spiro atoms. The van der Waals surface area contributed by atoms with Gasteiger partial charge in [0, 0.05) is 39.3 Å². The lowest BCUT2D eigenvalue weighted by molar-refractivity contribution is -0.132. The molecule has 2 amide bonds. The Hall–Kier alpha value is -2.12. The smallest absolute Gasteiger partial charge is 0.241 e. The molecule has 0 aliphatic carbocycles. The van der Waals surface area contributed by atoms with Gasteiger partial charge in [-0.25, -0.2) is 0 Å². The maximum Gasteiger partial charge on any atom is 0.241 e. The number of piperazine rings is 1. The van der Waals surface area contributed by atoms with Gasteiger partial charge in [-0.3, -0.25) is 19.4 Å².